The van der Waals surface area contributed by atoms with Crippen LogP contribution in [0.4, 0.5) is 5.69 Å². The Morgan fingerprint density at radius 2 is 1.80 bits per heavy atom. The molecule has 76 valence electrons. The molecule has 1 aromatic carbocycles. The van der Waals surface area contributed by atoms with E-state index in [2.05, 4.69) is 4.98 Å². The molecular formula is C12H12N2O. The number of rotatable bonds is 2. The number of nitrogen functional groups attached to an aromatic ring is 1. The van der Waals surface area contributed by atoms with Gasteiger partial charge in [-0.25, -0.2) is 4.98 Å². The molecule has 0 aliphatic rings. The quantitative estimate of drug-likeness (QED) is 0.810. The predicted molar refractivity (Wildman–Crippen MR) is 59.9 cm³/mol. The molecular weight excluding hydrogens is 188 g/mol. The van der Waals surface area contributed by atoms with Crippen molar-refractivity contribution in [2.24, 2.45) is 0 Å². The smallest absolute Gasteiger partial charge is 0.242 e. The first kappa shape index (κ1) is 9.52. The minimum Gasteiger partial charge on any atom is -0.437 e. The Morgan fingerprint density at radius 3 is 2.53 bits per heavy atom. The monoisotopic (exact) mass is 200 g/mol. The van der Waals surface area contributed by atoms with Crippen molar-refractivity contribution in [2.45, 2.75) is 6.92 Å². The molecule has 2 aromatic rings. The van der Waals surface area contributed by atoms with Gasteiger partial charge in [0.15, 0.2) is 0 Å². The number of aromatic nitrogens is 1. The second-order valence-corrected chi connectivity index (χ2v) is 3.26. The van der Waals surface area contributed by atoms with Gasteiger partial charge in [0, 0.05) is 5.69 Å². The molecule has 0 bridgehead atoms. The zero-order chi connectivity index (χ0) is 10.7. The van der Waals surface area contributed by atoms with Crippen LogP contribution in [0.15, 0.2) is 42.5 Å². The fourth-order valence-electron chi connectivity index (χ4n) is 1.23. The van der Waals surface area contributed by atoms with Crippen molar-refractivity contribution >= 4 is 5.69 Å². The maximum absolute atomic E-state index is 5.75. The summed E-state index contributed by atoms with van der Waals surface area (Å²) in [5.74, 6) is 1.20. The number of hydrogen-bond donors (Lipinski definition) is 1. The van der Waals surface area contributed by atoms with Gasteiger partial charge in [-0.05, 0) is 31.2 Å². The van der Waals surface area contributed by atoms with Crippen molar-refractivity contribution in [3.8, 4) is 11.6 Å². The Kier molecular flexibility index (Phi) is 2.54. The van der Waals surface area contributed by atoms with Gasteiger partial charge in [-0.2, -0.15) is 0 Å². The molecule has 2 rings (SSSR count). The Bertz CT molecular complexity index is 454. The van der Waals surface area contributed by atoms with Crippen molar-refractivity contribution in [3.05, 3.63) is 48.2 Å². The van der Waals surface area contributed by atoms with Gasteiger partial charge in [0.25, 0.3) is 0 Å². The molecule has 0 saturated heterocycles. The molecule has 0 radical (unpaired) electrons. The normalized spacial score (nSPS) is 9.93. The van der Waals surface area contributed by atoms with E-state index in [1.54, 1.807) is 6.07 Å². The minimum atomic E-state index is 0.459. The average molecular weight is 200 g/mol. The summed E-state index contributed by atoms with van der Waals surface area (Å²) in [6.45, 7) is 1.90. The number of nitrogens with two attached hydrogens (primary N) is 1. The Hall–Kier alpha value is -2.03. The lowest BCUT2D eigenvalue weighted by Crippen LogP contribution is -1.95. The first-order valence-electron chi connectivity index (χ1n) is 4.72. The van der Waals surface area contributed by atoms with Crippen LogP contribution in [0.25, 0.3) is 0 Å². The van der Waals surface area contributed by atoms with Crippen LogP contribution in [-0.4, -0.2) is 4.98 Å². The maximum atomic E-state index is 5.75. The molecule has 3 nitrogen and oxygen atoms in total. The minimum absolute atomic E-state index is 0.459. The summed E-state index contributed by atoms with van der Waals surface area (Å²) in [5, 5.41) is 0. The fraction of sp³-hybridized carbons (Fsp3) is 0.0833. The molecule has 0 fully saturated rings. The van der Waals surface area contributed by atoms with Crippen molar-refractivity contribution in [2.75, 3.05) is 5.73 Å². The molecule has 1 aromatic heterocycles. The summed E-state index contributed by atoms with van der Waals surface area (Å²) >= 11 is 0. The van der Waals surface area contributed by atoms with E-state index in [4.69, 9.17) is 10.5 Å². The second kappa shape index (κ2) is 4.00. The molecule has 0 saturated carbocycles. The highest BCUT2D eigenvalue weighted by molar-refractivity contribution is 5.49. The van der Waals surface area contributed by atoms with Gasteiger partial charge in [-0.3, -0.25) is 0 Å². The van der Waals surface area contributed by atoms with E-state index < -0.39 is 0 Å². The van der Waals surface area contributed by atoms with Gasteiger partial charge in [-0.1, -0.05) is 18.2 Å². The molecule has 0 unspecified atom stereocenters. The Morgan fingerprint density at radius 1 is 1.07 bits per heavy atom. The summed E-state index contributed by atoms with van der Waals surface area (Å²) < 4.78 is 5.55. The molecule has 0 amide bonds. The predicted octanol–water partition coefficient (Wildman–Crippen LogP) is 2.76. The van der Waals surface area contributed by atoms with Gasteiger partial charge in [0.1, 0.15) is 5.75 Å². The third-order valence-corrected chi connectivity index (χ3v) is 1.99. The molecule has 2 N–H and O–H groups in total. The van der Waals surface area contributed by atoms with E-state index >= 15 is 0 Å². The Labute approximate surface area is 88.5 Å². The average Bonchev–Trinajstić information content (AvgIpc) is 2.25. The first-order chi connectivity index (χ1) is 7.25. The number of aryl methyl sites for hydroxylation is 1. The number of nitrogens with zero attached hydrogens (tertiary/aromatic N) is 1. The van der Waals surface area contributed by atoms with Crippen LogP contribution in [0, 0.1) is 6.92 Å². The van der Waals surface area contributed by atoms with E-state index in [-0.39, 0.29) is 0 Å². The highest BCUT2D eigenvalue weighted by atomic mass is 16.5. The van der Waals surface area contributed by atoms with E-state index in [1.807, 2.05) is 43.3 Å². The zero-order valence-corrected chi connectivity index (χ0v) is 8.47. The van der Waals surface area contributed by atoms with Gasteiger partial charge in [0.05, 0.1) is 5.69 Å². The van der Waals surface area contributed by atoms with Gasteiger partial charge in [-0.15, -0.1) is 0 Å². The summed E-state index contributed by atoms with van der Waals surface area (Å²) in [6, 6.07) is 13.1. The van der Waals surface area contributed by atoms with Crippen molar-refractivity contribution in [1.82, 2.24) is 4.98 Å². The molecule has 0 aliphatic carbocycles. The van der Waals surface area contributed by atoms with Crippen LogP contribution in [0.2, 0.25) is 0 Å². The number of ether oxygens (including phenoxy) is 1. The largest absolute Gasteiger partial charge is 0.437 e. The molecule has 15 heavy (non-hydrogen) atoms. The topological polar surface area (TPSA) is 48.1 Å². The number of pyridine rings is 1. The lowest BCUT2D eigenvalue weighted by atomic mass is 10.3. The van der Waals surface area contributed by atoms with Crippen LogP contribution < -0.4 is 10.5 Å². The SMILES string of the molecule is Cc1ccc(N)c(Oc2ccccc2)n1. The van der Waals surface area contributed by atoms with E-state index in [0.29, 0.717) is 11.6 Å². The molecule has 0 spiro atoms. The van der Waals surface area contributed by atoms with Crippen LogP contribution >= 0.6 is 0 Å². The number of para-hydroxylation sites is 1. The highest BCUT2D eigenvalue weighted by Gasteiger charge is 2.03. The molecule has 1 heterocycles. The van der Waals surface area contributed by atoms with Crippen molar-refractivity contribution < 1.29 is 4.74 Å². The summed E-state index contributed by atoms with van der Waals surface area (Å²) in [7, 11) is 0. The van der Waals surface area contributed by atoms with E-state index in [0.717, 1.165) is 11.4 Å². The zero-order valence-electron chi connectivity index (χ0n) is 8.47. The van der Waals surface area contributed by atoms with E-state index in [1.165, 1.54) is 0 Å². The number of benzene rings is 1. The van der Waals surface area contributed by atoms with Gasteiger partial charge in [0.2, 0.25) is 5.88 Å². The highest BCUT2D eigenvalue weighted by Crippen LogP contribution is 2.24. The summed E-state index contributed by atoms with van der Waals surface area (Å²) in [6.07, 6.45) is 0. The van der Waals surface area contributed by atoms with Crippen LogP contribution in [0.1, 0.15) is 5.69 Å². The fourth-order valence-corrected chi connectivity index (χ4v) is 1.23. The first-order valence-corrected chi connectivity index (χ1v) is 4.72. The van der Waals surface area contributed by atoms with Crippen molar-refractivity contribution in [3.63, 3.8) is 0 Å². The number of hydrogen-bond acceptors (Lipinski definition) is 3. The molecule has 0 aliphatic heterocycles. The van der Waals surface area contributed by atoms with Crippen LogP contribution in [0.3, 0.4) is 0 Å². The third kappa shape index (κ3) is 2.26. The van der Waals surface area contributed by atoms with Crippen LogP contribution in [-0.2, 0) is 0 Å². The summed E-state index contributed by atoms with van der Waals surface area (Å²) in [5.41, 5.74) is 7.18. The lowest BCUT2D eigenvalue weighted by Gasteiger charge is -2.07. The third-order valence-electron chi connectivity index (χ3n) is 1.99. The molecule has 3 heteroatoms. The lowest BCUT2D eigenvalue weighted by molar-refractivity contribution is 0.464. The second-order valence-electron chi connectivity index (χ2n) is 3.26. The van der Waals surface area contributed by atoms with E-state index in [9.17, 15) is 0 Å². The Balaban J connectivity index is 2.28. The van der Waals surface area contributed by atoms with Crippen LogP contribution in [0.5, 0.6) is 11.6 Å². The number of anilines is 1. The molecule has 0 atom stereocenters. The van der Waals surface area contributed by atoms with Gasteiger partial charge >= 0.3 is 0 Å². The summed E-state index contributed by atoms with van der Waals surface area (Å²) in [4.78, 5) is 4.22. The maximum Gasteiger partial charge on any atom is 0.242 e. The standard InChI is InChI=1S/C12H12N2O/c1-9-7-8-11(13)12(14-9)15-10-5-3-2-4-6-10/h2-8H,13H2,1H3. The van der Waals surface area contributed by atoms with Gasteiger partial charge < -0.3 is 10.5 Å². The van der Waals surface area contributed by atoms with Crippen molar-refractivity contribution in [1.29, 1.82) is 0 Å².